The Hall–Kier alpha value is -1.72. The van der Waals surface area contributed by atoms with Crippen molar-refractivity contribution in [2.75, 3.05) is 0 Å². The maximum atomic E-state index is 11.9. The van der Waals surface area contributed by atoms with Crippen LogP contribution in [0.15, 0.2) is 36.5 Å². The van der Waals surface area contributed by atoms with Crippen LogP contribution in [0.5, 0.6) is 0 Å². The van der Waals surface area contributed by atoms with Crippen molar-refractivity contribution < 1.29 is 24.9 Å². The van der Waals surface area contributed by atoms with Gasteiger partial charge < -0.3 is 15.3 Å². The van der Waals surface area contributed by atoms with Crippen molar-refractivity contribution in [3.63, 3.8) is 0 Å². The predicted molar refractivity (Wildman–Crippen MR) is 108 cm³/mol. The molecule has 0 aliphatic heterocycles. The van der Waals surface area contributed by atoms with E-state index in [9.17, 15) is 19.8 Å². The maximum Gasteiger partial charge on any atom is 0.309 e. The van der Waals surface area contributed by atoms with E-state index in [0.717, 1.165) is 12.8 Å². The van der Waals surface area contributed by atoms with Gasteiger partial charge in [0.25, 0.3) is 0 Å². The smallest absolute Gasteiger partial charge is 0.309 e. The lowest BCUT2D eigenvalue weighted by atomic mass is 9.86. The highest BCUT2D eigenvalue weighted by Crippen LogP contribution is 2.24. The van der Waals surface area contributed by atoms with E-state index in [1.165, 1.54) is 25.3 Å². The van der Waals surface area contributed by atoms with Crippen LogP contribution in [0.4, 0.5) is 0 Å². The molecule has 0 amide bonds. The standard InChI is InChI=1S/C22H36O5/c1-4-5-6-7-8-9-10-11-12-13-14-15-18(23)20(25)19(24)16-17-22(2,3)21(26)27/h8-9,11-12,14-15,19-20,24-25H,4-7,10,13,16-17H2,1-3H3,(H,26,27)/b9-8-,12-11-,15-14-. The summed E-state index contributed by atoms with van der Waals surface area (Å²) in [5.41, 5.74) is -1.01. The molecule has 0 saturated carbocycles. The number of hydrogen-bond acceptors (Lipinski definition) is 4. The predicted octanol–water partition coefficient (Wildman–Crippen LogP) is 4.20. The van der Waals surface area contributed by atoms with Gasteiger partial charge in [-0.05, 0) is 58.4 Å². The first-order valence-corrected chi connectivity index (χ1v) is 9.82. The van der Waals surface area contributed by atoms with Crippen LogP contribution in [0.2, 0.25) is 0 Å². The molecule has 5 heteroatoms. The molecule has 0 bridgehead atoms. The molecule has 3 N–H and O–H groups in total. The van der Waals surface area contributed by atoms with Gasteiger partial charge in [0, 0.05) is 0 Å². The van der Waals surface area contributed by atoms with Gasteiger partial charge in [-0.15, -0.1) is 0 Å². The number of aliphatic carboxylic acids is 1. The van der Waals surface area contributed by atoms with Gasteiger partial charge in [0.15, 0.2) is 5.78 Å². The Bertz CT molecular complexity index is 517. The second-order valence-corrected chi connectivity index (χ2v) is 7.45. The lowest BCUT2D eigenvalue weighted by Gasteiger charge is -2.22. The summed E-state index contributed by atoms with van der Waals surface area (Å²) >= 11 is 0. The molecular weight excluding hydrogens is 344 g/mol. The molecule has 0 fully saturated rings. The highest BCUT2D eigenvalue weighted by molar-refractivity contribution is 5.93. The summed E-state index contributed by atoms with van der Waals surface area (Å²) in [5, 5.41) is 28.8. The summed E-state index contributed by atoms with van der Waals surface area (Å²) in [5.74, 6) is -1.54. The Morgan fingerprint density at radius 1 is 0.963 bits per heavy atom. The molecule has 27 heavy (non-hydrogen) atoms. The molecule has 0 heterocycles. The van der Waals surface area contributed by atoms with Crippen LogP contribution < -0.4 is 0 Å². The number of rotatable bonds is 15. The number of carboxylic acids is 1. The first-order valence-electron chi connectivity index (χ1n) is 9.82. The maximum absolute atomic E-state index is 11.9. The van der Waals surface area contributed by atoms with Gasteiger partial charge in [0.05, 0.1) is 11.5 Å². The summed E-state index contributed by atoms with van der Waals surface area (Å²) in [7, 11) is 0. The van der Waals surface area contributed by atoms with Crippen LogP contribution in [-0.2, 0) is 9.59 Å². The average molecular weight is 381 g/mol. The van der Waals surface area contributed by atoms with E-state index >= 15 is 0 Å². The molecule has 0 aliphatic carbocycles. The van der Waals surface area contributed by atoms with Gasteiger partial charge in [-0.3, -0.25) is 9.59 Å². The fourth-order valence-electron chi connectivity index (χ4n) is 2.32. The van der Waals surface area contributed by atoms with E-state index in [2.05, 4.69) is 19.1 Å². The second kappa shape index (κ2) is 14.4. The lowest BCUT2D eigenvalue weighted by Crippen LogP contribution is -2.35. The minimum absolute atomic E-state index is 0.0462. The number of aliphatic hydroxyl groups is 2. The normalized spacial score (nSPS) is 15.0. The highest BCUT2D eigenvalue weighted by atomic mass is 16.4. The minimum Gasteiger partial charge on any atom is -0.481 e. The Balaban J connectivity index is 4.10. The van der Waals surface area contributed by atoms with Gasteiger partial charge >= 0.3 is 5.97 Å². The molecule has 154 valence electrons. The first-order chi connectivity index (χ1) is 12.7. The van der Waals surface area contributed by atoms with E-state index < -0.39 is 29.4 Å². The largest absolute Gasteiger partial charge is 0.481 e. The number of allylic oxidation sites excluding steroid dienone is 5. The second-order valence-electron chi connectivity index (χ2n) is 7.45. The van der Waals surface area contributed by atoms with E-state index in [0.29, 0.717) is 6.42 Å². The van der Waals surface area contributed by atoms with Gasteiger partial charge in [0.2, 0.25) is 0 Å². The van der Waals surface area contributed by atoms with Crippen LogP contribution in [0.3, 0.4) is 0 Å². The van der Waals surface area contributed by atoms with E-state index in [1.54, 1.807) is 19.9 Å². The van der Waals surface area contributed by atoms with Gasteiger partial charge in [0.1, 0.15) is 6.10 Å². The zero-order valence-corrected chi connectivity index (χ0v) is 16.9. The summed E-state index contributed by atoms with van der Waals surface area (Å²) in [6.45, 7) is 5.27. The highest BCUT2D eigenvalue weighted by Gasteiger charge is 2.30. The van der Waals surface area contributed by atoms with E-state index in [1.807, 2.05) is 12.2 Å². The molecule has 0 rings (SSSR count). The van der Waals surface area contributed by atoms with Crippen molar-refractivity contribution in [1.82, 2.24) is 0 Å². The molecule has 5 nitrogen and oxygen atoms in total. The molecule has 2 atom stereocenters. The van der Waals surface area contributed by atoms with Crippen LogP contribution in [0.25, 0.3) is 0 Å². The molecule has 0 aliphatic rings. The van der Waals surface area contributed by atoms with Crippen LogP contribution in [-0.4, -0.2) is 39.3 Å². The van der Waals surface area contributed by atoms with E-state index in [-0.39, 0.29) is 12.8 Å². The van der Waals surface area contributed by atoms with Crippen molar-refractivity contribution >= 4 is 11.8 Å². The number of aliphatic hydroxyl groups excluding tert-OH is 2. The number of unbranched alkanes of at least 4 members (excludes halogenated alkanes) is 3. The summed E-state index contributed by atoms with van der Waals surface area (Å²) in [6.07, 6.45) is 14.9. The summed E-state index contributed by atoms with van der Waals surface area (Å²) in [4.78, 5) is 22.9. The number of carboxylic acid groups (broad SMARTS) is 1. The molecule has 0 saturated heterocycles. The van der Waals surface area contributed by atoms with Crippen LogP contribution in [0, 0.1) is 5.41 Å². The van der Waals surface area contributed by atoms with Crippen molar-refractivity contribution in [3.8, 4) is 0 Å². The van der Waals surface area contributed by atoms with Crippen molar-refractivity contribution in [2.45, 2.75) is 84.3 Å². The third kappa shape index (κ3) is 12.3. The monoisotopic (exact) mass is 380 g/mol. The van der Waals surface area contributed by atoms with E-state index in [4.69, 9.17) is 5.11 Å². The topological polar surface area (TPSA) is 94.8 Å². The molecule has 2 unspecified atom stereocenters. The summed E-state index contributed by atoms with van der Waals surface area (Å²) in [6, 6.07) is 0. The fraction of sp³-hybridized carbons (Fsp3) is 0.636. The summed E-state index contributed by atoms with van der Waals surface area (Å²) < 4.78 is 0. The molecule has 0 aromatic heterocycles. The Labute approximate surface area is 163 Å². The number of hydrogen-bond donors (Lipinski definition) is 3. The minimum atomic E-state index is -1.53. The zero-order chi connectivity index (χ0) is 20.7. The number of ketones is 1. The van der Waals surface area contributed by atoms with Crippen molar-refractivity contribution in [1.29, 1.82) is 0 Å². The van der Waals surface area contributed by atoms with Crippen LogP contribution in [0.1, 0.15) is 72.1 Å². The van der Waals surface area contributed by atoms with Crippen molar-refractivity contribution in [3.05, 3.63) is 36.5 Å². The fourth-order valence-corrected chi connectivity index (χ4v) is 2.32. The average Bonchev–Trinajstić information content (AvgIpc) is 2.63. The van der Waals surface area contributed by atoms with Crippen molar-refractivity contribution in [2.24, 2.45) is 5.41 Å². The Kier molecular flexibility index (Phi) is 13.4. The zero-order valence-electron chi connectivity index (χ0n) is 16.9. The lowest BCUT2D eigenvalue weighted by molar-refractivity contribution is -0.147. The van der Waals surface area contributed by atoms with Gasteiger partial charge in [-0.2, -0.15) is 0 Å². The molecule has 0 radical (unpaired) electrons. The number of carbonyl (C=O) groups is 2. The Morgan fingerprint density at radius 2 is 1.56 bits per heavy atom. The Morgan fingerprint density at radius 3 is 2.15 bits per heavy atom. The van der Waals surface area contributed by atoms with Gasteiger partial charge in [-0.25, -0.2) is 0 Å². The SMILES string of the molecule is CCCCC/C=C\C/C=C\C/C=C\C(=O)C(O)C(O)CCC(C)(C)C(=O)O. The first kappa shape index (κ1) is 25.3. The molecular formula is C22H36O5. The molecule has 0 spiro atoms. The quantitative estimate of drug-likeness (QED) is 0.225. The third-order valence-electron chi connectivity index (χ3n) is 4.43. The molecule has 0 aromatic rings. The van der Waals surface area contributed by atoms with Gasteiger partial charge in [-0.1, -0.05) is 50.1 Å². The third-order valence-corrected chi connectivity index (χ3v) is 4.43. The van der Waals surface area contributed by atoms with Crippen LogP contribution >= 0.6 is 0 Å². The number of carbonyl (C=O) groups excluding carboxylic acids is 1. The molecule has 0 aromatic carbocycles.